The van der Waals surface area contributed by atoms with Gasteiger partial charge in [0.25, 0.3) is 0 Å². The Morgan fingerprint density at radius 1 is 1.10 bits per heavy atom. The van der Waals surface area contributed by atoms with Crippen molar-refractivity contribution in [3.8, 4) is 6.01 Å². The number of fused-ring (bicyclic) bond motifs is 2. The van der Waals surface area contributed by atoms with Gasteiger partial charge in [-0.1, -0.05) is 29.8 Å². The Bertz CT molecular complexity index is 1170. The molecular weight excluding hydrogens is 400 g/mol. The van der Waals surface area contributed by atoms with Crippen LogP contribution in [-0.4, -0.2) is 33.6 Å². The summed E-state index contributed by atoms with van der Waals surface area (Å²) in [7, 11) is 1.54. The number of hydrogen-bond acceptors (Lipinski definition) is 5. The third-order valence-electron chi connectivity index (χ3n) is 5.49. The number of hydrogen-bond donors (Lipinski definition) is 0. The summed E-state index contributed by atoms with van der Waals surface area (Å²) in [5, 5.41) is 0.678. The van der Waals surface area contributed by atoms with E-state index >= 15 is 0 Å². The lowest BCUT2D eigenvalue weighted by Gasteiger charge is -2.29. The second-order valence-corrected chi connectivity index (χ2v) is 7.89. The first-order valence-electron chi connectivity index (χ1n) is 9.69. The highest BCUT2D eigenvalue weighted by Gasteiger charge is 2.27. The molecule has 5 rings (SSSR count). The average molecular weight is 419 g/mol. The van der Waals surface area contributed by atoms with Crippen molar-refractivity contribution in [3.63, 3.8) is 0 Å². The number of ether oxygens (including phenoxy) is 1. The Kier molecular flexibility index (Phi) is 4.71. The van der Waals surface area contributed by atoms with E-state index in [2.05, 4.69) is 22.1 Å². The number of amides is 1. The number of rotatable bonds is 4. The molecule has 0 spiro atoms. The minimum absolute atomic E-state index is 0.130. The lowest BCUT2D eigenvalue weighted by Crippen LogP contribution is -2.35. The van der Waals surface area contributed by atoms with Gasteiger partial charge >= 0.3 is 6.01 Å². The van der Waals surface area contributed by atoms with Crippen LogP contribution < -0.4 is 4.74 Å². The molecule has 1 aromatic heterocycles. The maximum Gasteiger partial charge on any atom is 0.316 e. The largest absolute Gasteiger partial charge is 0.467 e. The fourth-order valence-corrected chi connectivity index (χ4v) is 4.22. The minimum atomic E-state index is 0.130. The Balaban J connectivity index is 1.43. The molecule has 3 heterocycles. The predicted octanol–water partition coefficient (Wildman–Crippen LogP) is 3.57. The monoisotopic (exact) mass is 418 g/mol. The summed E-state index contributed by atoms with van der Waals surface area (Å²) >= 11 is 6.10. The van der Waals surface area contributed by atoms with Crippen molar-refractivity contribution in [2.24, 2.45) is 4.99 Å². The number of nitrogens with zero attached hydrogens (tertiary/aromatic N) is 4. The fourth-order valence-electron chi connectivity index (χ4n) is 4.01. The Morgan fingerprint density at radius 3 is 2.70 bits per heavy atom. The molecule has 3 aromatic rings. The first-order valence-corrected chi connectivity index (χ1v) is 10.1. The van der Waals surface area contributed by atoms with E-state index in [-0.39, 0.29) is 5.91 Å². The molecule has 2 aliphatic heterocycles. The Hall–Kier alpha value is -3.25. The van der Waals surface area contributed by atoms with Gasteiger partial charge in [-0.25, -0.2) is 9.97 Å². The number of carbonyl (C=O) groups is 1. The molecule has 2 aliphatic rings. The van der Waals surface area contributed by atoms with E-state index in [0.29, 0.717) is 37.1 Å². The maximum atomic E-state index is 12.7. The summed E-state index contributed by atoms with van der Waals surface area (Å²) in [6, 6.07) is 12.3. The summed E-state index contributed by atoms with van der Waals surface area (Å²) in [6.45, 7) is 1.72. The van der Waals surface area contributed by atoms with Gasteiger partial charge in [-0.05, 0) is 40.5 Å². The van der Waals surface area contributed by atoms with E-state index in [9.17, 15) is 4.79 Å². The van der Waals surface area contributed by atoms with Crippen molar-refractivity contribution in [1.29, 1.82) is 0 Å². The van der Waals surface area contributed by atoms with Crippen molar-refractivity contribution in [2.75, 3.05) is 7.11 Å². The molecule has 0 saturated heterocycles. The lowest BCUT2D eigenvalue weighted by molar-refractivity contribution is -0.132. The minimum Gasteiger partial charge on any atom is -0.467 e. The third-order valence-corrected chi connectivity index (χ3v) is 5.73. The van der Waals surface area contributed by atoms with Gasteiger partial charge < -0.3 is 9.64 Å². The van der Waals surface area contributed by atoms with Gasteiger partial charge in [0.1, 0.15) is 0 Å². The van der Waals surface area contributed by atoms with Crippen LogP contribution in [0, 0.1) is 0 Å². The average Bonchev–Trinajstić information content (AvgIpc) is 3.15. The SMILES string of the molecule is COc1ncc(C2=NCc3cc4c(cc32)CN(Cc2cccc(Cl)c2)C(=O)C4)cn1. The molecule has 2 aromatic carbocycles. The Labute approximate surface area is 179 Å². The molecule has 0 N–H and O–H groups in total. The van der Waals surface area contributed by atoms with Crippen LogP contribution in [0.1, 0.15) is 33.4 Å². The molecule has 150 valence electrons. The molecule has 7 heteroatoms. The highest BCUT2D eigenvalue weighted by Crippen LogP contribution is 2.30. The maximum absolute atomic E-state index is 12.7. The molecule has 0 bridgehead atoms. The van der Waals surface area contributed by atoms with Crippen molar-refractivity contribution in [1.82, 2.24) is 14.9 Å². The molecule has 0 radical (unpaired) electrons. The highest BCUT2D eigenvalue weighted by atomic mass is 35.5. The first-order chi connectivity index (χ1) is 14.6. The zero-order valence-electron chi connectivity index (χ0n) is 16.4. The first kappa shape index (κ1) is 18.8. The van der Waals surface area contributed by atoms with Crippen molar-refractivity contribution in [3.05, 3.63) is 87.2 Å². The van der Waals surface area contributed by atoms with Crippen LogP contribution in [0.25, 0.3) is 0 Å². The van der Waals surface area contributed by atoms with E-state index in [4.69, 9.17) is 21.3 Å². The molecular formula is C23H19ClN4O2. The standard InChI is InChI=1S/C23H19ClN4O2/c1-30-23-26-10-18(11-27-23)22-20-7-17-13-28(12-14-3-2-4-19(24)5-14)21(29)8-15(17)6-16(20)9-25-22/h2-7,10-11H,8-9,12-13H2,1H3. The van der Waals surface area contributed by atoms with Gasteiger partial charge in [-0.2, -0.15) is 0 Å². The zero-order chi connectivity index (χ0) is 20.7. The molecule has 0 saturated carbocycles. The number of carbonyl (C=O) groups excluding carboxylic acids is 1. The second-order valence-electron chi connectivity index (χ2n) is 7.46. The van der Waals surface area contributed by atoms with E-state index in [1.807, 2.05) is 29.2 Å². The van der Waals surface area contributed by atoms with Crippen molar-refractivity contribution < 1.29 is 9.53 Å². The van der Waals surface area contributed by atoms with Crippen molar-refractivity contribution in [2.45, 2.75) is 26.1 Å². The summed E-state index contributed by atoms with van der Waals surface area (Å²) in [4.78, 5) is 27.7. The molecule has 30 heavy (non-hydrogen) atoms. The molecule has 0 unspecified atom stereocenters. The molecule has 0 aliphatic carbocycles. The number of aromatic nitrogens is 2. The quantitative estimate of drug-likeness (QED) is 0.649. The summed E-state index contributed by atoms with van der Waals surface area (Å²) in [6.07, 6.45) is 3.87. The summed E-state index contributed by atoms with van der Waals surface area (Å²) in [5.41, 5.74) is 7.22. The van der Waals surface area contributed by atoms with Gasteiger partial charge in [-0.15, -0.1) is 0 Å². The fraction of sp³-hybridized carbons (Fsp3) is 0.217. The van der Waals surface area contributed by atoms with Gasteiger partial charge in [0, 0.05) is 41.6 Å². The predicted molar refractivity (Wildman–Crippen MR) is 114 cm³/mol. The van der Waals surface area contributed by atoms with Crippen LogP contribution in [0.2, 0.25) is 5.02 Å². The Morgan fingerprint density at radius 2 is 1.93 bits per heavy atom. The third kappa shape index (κ3) is 3.44. The normalized spacial score (nSPS) is 14.9. The van der Waals surface area contributed by atoms with Crippen LogP contribution in [0.3, 0.4) is 0 Å². The van der Waals surface area contributed by atoms with Gasteiger partial charge in [0.2, 0.25) is 5.91 Å². The number of benzene rings is 2. The van der Waals surface area contributed by atoms with Crippen molar-refractivity contribution >= 4 is 23.2 Å². The van der Waals surface area contributed by atoms with Crippen LogP contribution in [0.5, 0.6) is 6.01 Å². The van der Waals surface area contributed by atoms with E-state index in [1.165, 1.54) is 0 Å². The van der Waals surface area contributed by atoms with E-state index < -0.39 is 0 Å². The van der Waals surface area contributed by atoms with Crippen LogP contribution in [0.15, 0.2) is 53.8 Å². The van der Waals surface area contributed by atoms with E-state index in [1.54, 1.807) is 19.5 Å². The number of halogens is 1. The summed E-state index contributed by atoms with van der Waals surface area (Å²) in [5.74, 6) is 0.130. The van der Waals surface area contributed by atoms with E-state index in [0.717, 1.165) is 39.1 Å². The molecule has 1 amide bonds. The topological polar surface area (TPSA) is 67.7 Å². The molecule has 0 fully saturated rings. The smallest absolute Gasteiger partial charge is 0.316 e. The molecule has 6 nitrogen and oxygen atoms in total. The van der Waals surface area contributed by atoms with Gasteiger partial charge in [0.05, 0.1) is 25.8 Å². The van der Waals surface area contributed by atoms with Crippen LogP contribution in [0.4, 0.5) is 0 Å². The molecule has 0 atom stereocenters. The van der Waals surface area contributed by atoms with Crippen LogP contribution in [-0.2, 0) is 30.8 Å². The summed E-state index contributed by atoms with van der Waals surface area (Å²) < 4.78 is 5.05. The number of aliphatic imine (C=N–C) groups is 1. The lowest BCUT2D eigenvalue weighted by atomic mass is 9.91. The van der Waals surface area contributed by atoms with Crippen LogP contribution >= 0.6 is 11.6 Å². The zero-order valence-corrected chi connectivity index (χ0v) is 17.2. The highest BCUT2D eigenvalue weighted by molar-refractivity contribution is 6.30. The van der Waals surface area contributed by atoms with Gasteiger partial charge in [-0.3, -0.25) is 9.79 Å². The van der Waals surface area contributed by atoms with Gasteiger partial charge in [0.15, 0.2) is 0 Å². The second kappa shape index (κ2) is 7.54. The number of methoxy groups -OCH3 is 1.